The first-order valence-corrected chi connectivity index (χ1v) is 9.61. The molecule has 1 unspecified atom stereocenters. The molecule has 5 aliphatic carbocycles. The van der Waals surface area contributed by atoms with Crippen LogP contribution in [0.3, 0.4) is 0 Å². The topological polar surface area (TPSA) is 34.1 Å². The Morgan fingerprint density at radius 3 is 2.58 bits per heavy atom. The second-order valence-electron chi connectivity index (χ2n) is 9.14. The quantitative estimate of drug-likeness (QED) is 0.639. The lowest BCUT2D eigenvalue weighted by Crippen LogP contribution is -2.43. The molecule has 0 heterocycles. The molecule has 2 heteroatoms. The molecular formula is C22H26O2. The Hall–Kier alpha value is -1.44. The monoisotopic (exact) mass is 322 g/mol. The van der Waals surface area contributed by atoms with E-state index in [1.54, 1.807) is 5.57 Å². The number of Topliss-reactive ketones (excluding diaryl/α,β-unsaturated/α-hetero) is 1. The van der Waals surface area contributed by atoms with Crippen LogP contribution in [0.5, 0.6) is 0 Å². The highest BCUT2D eigenvalue weighted by molar-refractivity contribution is 5.95. The van der Waals surface area contributed by atoms with Gasteiger partial charge in [-0.05, 0) is 67.6 Å². The van der Waals surface area contributed by atoms with Crippen molar-refractivity contribution in [3.63, 3.8) is 0 Å². The fourth-order valence-corrected chi connectivity index (χ4v) is 6.79. The summed E-state index contributed by atoms with van der Waals surface area (Å²) in [6.07, 6.45) is 13.0. The molecule has 0 aliphatic heterocycles. The van der Waals surface area contributed by atoms with Crippen molar-refractivity contribution >= 4 is 11.6 Å². The van der Waals surface area contributed by atoms with Crippen LogP contribution in [-0.4, -0.2) is 11.6 Å². The van der Waals surface area contributed by atoms with E-state index in [2.05, 4.69) is 19.9 Å². The number of carbonyl (C=O) groups excluding carboxylic acids is 2. The lowest BCUT2D eigenvalue weighted by molar-refractivity contribution is -0.127. The molecule has 126 valence electrons. The van der Waals surface area contributed by atoms with Crippen molar-refractivity contribution in [2.45, 2.75) is 71.6 Å². The molecule has 24 heavy (non-hydrogen) atoms. The minimum absolute atomic E-state index is 0.0740. The van der Waals surface area contributed by atoms with Crippen LogP contribution in [0.1, 0.15) is 71.6 Å². The summed E-state index contributed by atoms with van der Waals surface area (Å²) in [6, 6.07) is 0. The molecule has 0 radical (unpaired) electrons. The maximum Gasteiger partial charge on any atom is 0.155 e. The molecular weight excluding hydrogens is 296 g/mol. The summed E-state index contributed by atoms with van der Waals surface area (Å²) in [5, 5.41) is 0. The number of carbonyl (C=O) groups is 2. The second kappa shape index (κ2) is 4.39. The standard InChI is InChI=1S/C22H26O2/c1-20-9-6-18-16-4-3-14-13-15(23)5-11-21(14,2)17(16)7-12-22(18,20)19(24)8-10-20/h6,13H,3-5,7-12H2,1-2H3/t20-,21?,22+/m0/s1. The van der Waals surface area contributed by atoms with E-state index < -0.39 is 0 Å². The number of fused-ring (bicyclic) bond motifs is 3. The Labute approximate surface area is 144 Å². The Morgan fingerprint density at radius 2 is 1.75 bits per heavy atom. The molecule has 0 aromatic carbocycles. The summed E-state index contributed by atoms with van der Waals surface area (Å²) in [7, 11) is 0. The summed E-state index contributed by atoms with van der Waals surface area (Å²) in [4.78, 5) is 24.9. The summed E-state index contributed by atoms with van der Waals surface area (Å²) in [5.74, 6) is 0.808. The third kappa shape index (κ3) is 1.49. The normalized spacial score (nSPS) is 43.8. The van der Waals surface area contributed by atoms with E-state index in [0.29, 0.717) is 18.0 Å². The maximum atomic E-state index is 13.0. The highest BCUT2D eigenvalue weighted by atomic mass is 16.1. The van der Waals surface area contributed by atoms with Crippen LogP contribution in [0.25, 0.3) is 0 Å². The molecule has 1 spiro atoms. The SMILES string of the molecule is CC12CCC(=O)C=C1CCC1=C2CC[C@@]23C(=O)CC[C@]2(C)CC=C13. The van der Waals surface area contributed by atoms with Crippen molar-refractivity contribution in [1.29, 1.82) is 0 Å². The van der Waals surface area contributed by atoms with Crippen molar-refractivity contribution in [3.8, 4) is 0 Å². The van der Waals surface area contributed by atoms with Crippen molar-refractivity contribution in [2.24, 2.45) is 16.2 Å². The molecule has 2 nitrogen and oxygen atoms in total. The van der Waals surface area contributed by atoms with Gasteiger partial charge in [-0.3, -0.25) is 9.59 Å². The van der Waals surface area contributed by atoms with E-state index in [-0.39, 0.29) is 16.2 Å². The van der Waals surface area contributed by atoms with Gasteiger partial charge in [0.2, 0.25) is 0 Å². The van der Waals surface area contributed by atoms with Gasteiger partial charge in [0, 0.05) is 18.3 Å². The lowest BCUT2D eigenvalue weighted by Gasteiger charge is -2.50. The number of hydrogen-bond donors (Lipinski definition) is 0. The first kappa shape index (κ1) is 14.9. The zero-order chi connectivity index (χ0) is 16.7. The highest BCUT2D eigenvalue weighted by Crippen LogP contribution is 2.69. The second-order valence-corrected chi connectivity index (χ2v) is 9.14. The van der Waals surface area contributed by atoms with Gasteiger partial charge in [0.05, 0.1) is 5.41 Å². The van der Waals surface area contributed by atoms with Crippen molar-refractivity contribution in [1.82, 2.24) is 0 Å². The van der Waals surface area contributed by atoms with Gasteiger partial charge >= 0.3 is 0 Å². The molecule has 0 saturated heterocycles. The van der Waals surface area contributed by atoms with E-state index in [9.17, 15) is 9.59 Å². The van der Waals surface area contributed by atoms with Crippen LogP contribution in [0.2, 0.25) is 0 Å². The zero-order valence-corrected chi connectivity index (χ0v) is 14.8. The summed E-state index contributed by atoms with van der Waals surface area (Å²) in [5.41, 5.74) is 5.90. The molecule has 5 aliphatic rings. The third-order valence-electron chi connectivity index (χ3n) is 8.29. The largest absolute Gasteiger partial charge is 0.299 e. The van der Waals surface area contributed by atoms with Crippen LogP contribution in [-0.2, 0) is 9.59 Å². The summed E-state index contributed by atoms with van der Waals surface area (Å²) in [6.45, 7) is 4.70. The fourth-order valence-electron chi connectivity index (χ4n) is 6.79. The molecule has 0 amide bonds. The average molecular weight is 322 g/mol. The van der Waals surface area contributed by atoms with E-state index in [1.807, 2.05) is 6.08 Å². The number of hydrogen-bond acceptors (Lipinski definition) is 2. The van der Waals surface area contributed by atoms with Crippen molar-refractivity contribution < 1.29 is 9.59 Å². The van der Waals surface area contributed by atoms with Gasteiger partial charge in [0.25, 0.3) is 0 Å². The first-order chi connectivity index (χ1) is 11.4. The predicted octanol–water partition coefficient (Wildman–Crippen LogP) is 4.85. The number of rotatable bonds is 0. The minimum atomic E-state index is -0.173. The van der Waals surface area contributed by atoms with Gasteiger partial charge in [-0.2, -0.15) is 0 Å². The third-order valence-corrected chi connectivity index (χ3v) is 8.29. The van der Waals surface area contributed by atoms with E-state index >= 15 is 0 Å². The van der Waals surface area contributed by atoms with Gasteiger partial charge in [0.1, 0.15) is 5.78 Å². The van der Waals surface area contributed by atoms with Gasteiger partial charge in [-0.15, -0.1) is 0 Å². The van der Waals surface area contributed by atoms with Crippen molar-refractivity contribution in [2.75, 3.05) is 0 Å². The summed E-state index contributed by atoms with van der Waals surface area (Å²) < 4.78 is 0. The molecule has 1 fully saturated rings. The number of ketones is 2. The fraction of sp³-hybridized carbons (Fsp3) is 0.636. The molecule has 1 saturated carbocycles. The van der Waals surface area contributed by atoms with E-state index in [0.717, 1.165) is 51.4 Å². The van der Waals surface area contributed by atoms with Crippen LogP contribution >= 0.6 is 0 Å². The Balaban J connectivity index is 1.67. The molecule has 0 aromatic rings. The van der Waals surface area contributed by atoms with Crippen LogP contribution in [0, 0.1) is 16.2 Å². The zero-order valence-electron chi connectivity index (χ0n) is 14.8. The van der Waals surface area contributed by atoms with Crippen LogP contribution in [0.4, 0.5) is 0 Å². The van der Waals surface area contributed by atoms with Crippen molar-refractivity contribution in [3.05, 3.63) is 34.4 Å². The van der Waals surface area contributed by atoms with Gasteiger partial charge < -0.3 is 0 Å². The van der Waals surface area contributed by atoms with Crippen LogP contribution in [0.15, 0.2) is 34.4 Å². The van der Waals surface area contributed by atoms with Gasteiger partial charge in [-0.1, -0.05) is 31.1 Å². The molecule has 0 aromatic heterocycles. The smallest absolute Gasteiger partial charge is 0.155 e. The number of allylic oxidation sites excluding steroid dienone is 6. The minimum Gasteiger partial charge on any atom is -0.299 e. The maximum absolute atomic E-state index is 13.0. The molecule has 3 atom stereocenters. The Morgan fingerprint density at radius 1 is 0.917 bits per heavy atom. The van der Waals surface area contributed by atoms with E-state index in [4.69, 9.17) is 0 Å². The van der Waals surface area contributed by atoms with Gasteiger partial charge in [-0.25, -0.2) is 0 Å². The predicted molar refractivity (Wildman–Crippen MR) is 93.4 cm³/mol. The summed E-state index contributed by atoms with van der Waals surface area (Å²) >= 11 is 0. The molecule has 0 bridgehead atoms. The first-order valence-electron chi connectivity index (χ1n) is 9.61. The molecule has 0 N–H and O–H groups in total. The lowest BCUT2D eigenvalue weighted by atomic mass is 9.52. The highest BCUT2D eigenvalue weighted by Gasteiger charge is 2.63. The van der Waals surface area contributed by atoms with E-state index in [1.165, 1.54) is 16.7 Å². The average Bonchev–Trinajstić information content (AvgIpc) is 2.99. The van der Waals surface area contributed by atoms with Gasteiger partial charge in [0.15, 0.2) is 5.78 Å². The van der Waals surface area contributed by atoms with Crippen LogP contribution < -0.4 is 0 Å². The molecule has 5 rings (SSSR count). The Kier molecular flexibility index (Phi) is 2.72. The Bertz CT molecular complexity index is 780.